The van der Waals surface area contributed by atoms with Gasteiger partial charge in [0.25, 0.3) is 0 Å². The molecule has 27 rings (SSSR count). The molecule has 0 saturated carbocycles. The van der Waals surface area contributed by atoms with Crippen molar-refractivity contribution < 1.29 is 0 Å². The summed E-state index contributed by atoms with van der Waals surface area (Å²) < 4.78 is 14.4. The minimum atomic E-state index is 1.17. The molecule has 0 aliphatic carbocycles. The van der Waals surface area contributed by atoms with Gasteiger partial charge in [0.15, 0.2) is 0 Å². The molecule has 0 saturated heterocycles. The molecule has 0 atom stereocenters. The van der Waals surface area contributed by atoms with Crippen molar-refractivity contribution in [3.8, 4) is 101 Å². The Kier molecular flexibility index (Phi) is 19.5. The van der Waals surface area contributed by atoms with Crippen LogP contribution >= 0.6 is 0 Å². The molecule has 21 aromatic carbocycles. The maximum Gasteiger partial charge on any atom is 0.0543 e. The van der Waals surface area contributed by atoms with Gasteiger partial charge in [-0.3, -0.25) is 0 Å². The van der Waals surface area contributed by atoms with E-state index in [0.717, 1.165) is 0 Å². The molecule has 0 N–H and O–H groups in total. The molecule has 27 aromatic rings. The van der Waals surface area contributed by atoms with Crippen LogP contribution in [0.4, 0.5) is 0 Å². The Bertz CT molecular complexity index is 9320. The van der Waals surface area contributed by atoms with E-state index in [1.807, 2.05) is 0 Å². The first-order chi connectivity index (χ1) is 66.7. The van der Waals surface area contributed by atoms with E-state index < -0.39 is 0 Å². The number of para-hydroxylation sites is 6. The number of aromatic nitrogens is 6. The smallest absolute Gasteiger partial charge is 0.0543 e. The number of fused-ring (bicyclic) bond motifs is 18. The van der Waals surface area contributed by atoms with Crippen LogP contribution in [0.25, 0.3) is 232 Å². The van der Waals surface area contributed by atoms with E-state index in [1.165, 1.54) is 248 Å². The van der Waals surface area contributed by atoms with E-state index in [0.29, 0.717) is 0 Å². The summed E-state index contributed by atoms with van der Waals surface area (Å²) in [7, 11) is 0. The highest BCUT2D eigenvalue weighted by Crippen LogP contribution is 2.45. The van der Waals surface area contributed by atoms with Gasteiger partial charge >= 0.3 is 0 Å². The van der Waals surface area contributed by atoms with Gasteiger partial charge in [-0.25, -0.2) is 0 Å². The van der Waals surface area contributed by atoms with Crippen molar-refractivity contribution >= 4 is 131 Å². The van der Waals surface area contributed by atoms with Crippen LogP contribution in [0.5, 0.6) is 0 Å². The van der Waals surface area contributed by atoms with Gasteiger partial charge in [-0.15, -0.1) is 0 Å². The van der Waals surface area contributed by atoms with Crippen LogP contribution in [0.3, 0.4) is 0 Å². The summed E-state index contributed by atoms with van der Waals surface area (Å²) in [5.41, 5.74) is 40.1. The third-order valence-electron chi connectivity index (χ3n) is 27.5. The number of rotatable bonds is 12. The minimum absolute atomic E-state index is 1.17. The molecule has 6 heteroatoms. The van der Waals surface area contributed by atoms with E-state index in [-0.39, 0.29) is 0 Å². The highest BCUT2D eigenvalue weighted by Gasteiger charge is 2.23. The van der Waals surface area contributed by atoms with E-state index in [1.54, 1.807) is 0 Å². The summed E-state index contributed by atoms with van der Waals surface area (Å²) in [4.78, 5) is 0. The number of benzene rings is 21. The largest absolute Gasteiger partial charge is 0.309 e. The standard InChI is InChI=1S/3C43H30N2/c1-29-19-22-37-39-28-33(20-23-41(39)44(43(37)25-29)34-14-6-3-7-15-34)32-21-24-42-38(27-32)36-17-8-9-18-40(36)45(42)35-16-10-13-31(26-35)30-11-4-2-5-12-30;1-29-11-9-15-34(25-29)44-40-19-7-5-17-36(40)38-27-32(21-23-42(38)44)33-22-24-43-39(28-33)37-18-6-8-20-41(37)45(43)35-16-10-14-31(26-35)30-12-3-2-4-13-30;1-29-18-22-34(23-19-29)44-40-16-7-5-14-36(40)38-27-32(20-24-42(38)44)33-21-25-43-39(28-33)37-15-6-8-17-41(37)45(43)35-13-9-12-31(26-35)30-10-3-2-4-11-30/h3*2-28H,1H3. The lowest BCUT2D eigenvalue weighted by Gasteiger charge is -2.11. The molecule has 0 amide bonds. The molecule has 6 nitrogen and oxygen atoms in total. The first-order valence-corrected chi connectivity index (χ1v) is 46.6. The third-order valence-corrected chi connectivity index (χ3v) is 27.5. The fraction of sp³-hybridized carbons (Fsp3) is 0.0233. The maximum absolute atomic E-state index is 2.40. The number of aryl methyl sites for hydroxylation is 3. The summed E-state index contributed by atoms with van der Waals surface area (Å²) in [5, 5.41) is 15.2. The van der Waals surface area contributed by atoms with E-state index >= 15 is 0 Å². The maximum atomic E-state index is 2.40. The van der Waals surface area contributed by atoms with Crippen molar-refractivity contribution in [2.75, 3.05) is 0 Å². The quantitative estimate of drug-likeness (QED) is 0.117. The summed E-state index contributed by atoms with van der Waals surface area (Å²) >= 11 is 0. The summed E-state index contributed by atoms with van der Waals surface area (Å²) in [6, 6.07) is 179. The number of hydrogen-bond donors (Lipinski definition) is 0. The van der Waals surface area contributed by atoms with Crippen LogP contribution in [0.1, 0.15) is 16.7 Å². The van der Waals surface area contributed by atoms with Gasteiger partial charge in [0.05, 0.1) is 66.2 Å². The van der Waals surface area contributed by atoms with Crippen LogP contribution < -0.4 is 0 Å². The highest BCUT2D eigenvalue weighted by atomic mass is 15.0. The summed E-state index contributed by atoms with van der Waals surface area (Å²) in [6.07, 6.45) is 0. The highest BCUT2D eigenvalue weighted by molar-refractivity contribution is 6.17. The molecule has 636 valence electrons. The van der Waals surface area contributed by atoms with E-state index in [2.05, 4.69) is 540 Å². The molecule has 0 spiro atoms. The third kappa shape index (κ3) is 14.0. The predicted octanol–water partition coefficient (Wildman–Crippen LogP) is 34.6. The van der Waals surface area contributed by atoms with Crippen molar-refractivity contribution in [3.63, 3.8) is 0 Å². The minimum Gasteiger partial charge on any atom is -0.309 e. The van der Waals surface area contributed by atoms with Gasteiger partial charge < -0.3 is 27.4 Å². The van der Waals surface area contributed by atoms with Crippen molar-refractivity contribution in [3.05, 3.63) is 508 Å². The molecule has 6 heterocycles. The molecule has 0 aliphatic rings. The number of hydrogen-bond acceptors (Lipinski definition) is 0. The predicted molar refractivity (Wildman–Crippen MR) is 572 cm³/mol. The number of nitrogens with zero attached hydrogens (tertiary/aromatic N) is 6. The molecule has 0 fully saturated rings. The van der Waals surface area contributed by atoms with E-state index in [4.69, 9.17) is 0 Å². The fourth-order valence-electron chi connectivity index (χ4n) is 21.1. The first kappa shape index (κ1) is 79.6. The molecule has 135 heavy (non-hydrogen) atoms. The van der Waals surface area contributed by atoms with Gasteiger partial charge in [-0.1, -0.05) is 315 Å². The summed E-state index contributed by atoms with van der Waals surface area (Å²) in [5.74, 6) is 0. The molecule has 0 radical (unpaired) electrons. The van der Waals surface area contributed by atoms with Crippen molar-refractivity contribution in [2.24, 2.45) is 0 Å². The monoisotopic (exact) mass is 1720 g/mol. The Labute approximate surface area is 782 Å². The Hall–Kier alpha value is -17.6. The van der Waals surface area contributed by atoms with Crippen LogP contribution in [0, 0.1) is 20.8 Å². The topological polar surface area (TPSA) is 29.6 Å². The Morgan fingerprint density at radius 2 is 0.311 bits per heavy atom. The second-order valence-electron chi connectivity index (χ2n) is 35.8. The zero-order chi connectivity index (χ0) is 89.7. The lowest BCUT2D eigenvalue weighted by atomic mass is 10.0. The average molecular weight is 1720 g/mol. The zero-order valence-corrected chi connectivity index (χ0v) is 74.9. The molecule has 6 aromatic heterocycles. The van der Waals surface area contributed by atoms with Crippen LogP contribution in [0.15, 0.2) is 491 Å². The van der Waals surface area contributed by atoms with Gasteiger partial charge in [0, 0.05) is 98.8 Å². The SMILES string of the molecule is Cc1ccc(-n2c3ccccc3c3cc(-c4ccc5c(c4)c4ccccc4n5-c4cccc(-c5ccccc5)c4)ccc32)cc1.Cc1ccc2c3cc(-c4ccc5c(c4)c4ccccc4n5-c4cccc(-c5ccccc5)c4)ccc3n(-c3ccccc3)c2c1.Cc1cccc(-n2c3ccccc3c3cc(-c4ccc5c(c4)c4ccccc4n5-c4cccc(-c5ccccc5)c4)ccc32)c1. The van der Waals surface area contributed by atoms with Gasteiger partial charge in [-0.2, -0.15) is 0 Å². The molecular weight excluding hydrogens is 1630 g/mol. The molecule has 0 aliphatic heterocycles. The average Bonchev–Trinajstić information content (AvgIpc) is 1.59. The molecular formula is C129H90N6. The second kappa shape index (κ2) is 33.1. The van der Waals surface area contributed by atoms with E-state index in [9.17, 15) is 0 Å². The fourth-order valence-corrected chi connectivity index (χ4v) is 21.1. The normalized spacial score (nSPS) is 11.7. The van der Waals surface area contributed by atoms with Gasteiger partial charge in [0.2, 0.25) is 0 Å². The Morgan fingerprint density at radius 1 is 0.104 bits per heavy atom. The van der Waals surface area contributed by atoms with Crippen molar-refractivity contribution in [1.82, 2.24) is 27.4 Å². The van der Waals surface area contributed by atoms with Crippen LogP contribution in [0.2, 0.25) is 0 Å². The lowest BCUT2D eigenvalue weighted by Crippen LogP contribution is -1.94. The zero-order valence-electron chi connectivity index (χ0n) is 74.9. The summed E-state index contributed by atoms with van der Waals surface area (Å²) in [6.45, 7) is 6.46. The second-order valence-corrected chi connectivity index (χ2v) is 35.8. The van der Waals surface area contributed by atoms with Crippen molar-refractivity contribution in [2.45, 2.75) is 20.8 Å². The van der Waals surface area contributed by atoms with Crippen molar-refractivity contribution in [1.29, 1.82) is 0 Å². The van der Waals surface area contributed by atoms with Gasteiger partial charge in [0.1, 0.15) is 0 Å². The first-order valence-electron chi connectivity index (χ1n) is 46.6. The van der Waals surface area contributed by atoms with Crippen LogP contribution in [-0.4, -0.2) is 27.4 Å². The molecule has 0 unspecified atom stereocenters. The molecule has 0 bridgehead atoms. The van der Waals surface area contributed by atoms with Crippen LogP contribution in [-0.2, 0) is 0 Å². The Balaban J connectivity index is 0.000000108. The Morgan fingerprint density at radius 3 is 0.622 bits per heavy atom. The lowest BCUT2D eigenvalue weighted by molar-refractivity contribution is 1.17. The van der Waals surface area contributed by atoms with Gasteiger partial charge in [-0.05, 0) is 281 Å².